The molecule has 0 amide bonds. The zero-order chi connectivity index (χ0) is 17.2. The highest BCUT2D eigenvalue weighted by Crippen LogP contribution is 2.09. The number of halogens is 1. The van der Waals surface area contributed by atoms with Crippen LogP contribution in [0, 0.1) is 0 Å². The van der Waals surface area contributed by atoms with Gasteiger partial charge in [0.05, 0.1) is 25.6 Å². The average molecular weight is 343 g/mol. The fourth-order valence-corrected chi connectivity index (χ4v) is 1.36. The van der Waals surface area contributed by atoms with E-state index < -0.39 is 11.9 Å². The van der Waals surface area contributed by atoms with E-state index in [2.05, 4.69) is 30.4 Å². The molecule has 2 rings (SSSR count). The Bertz CT molecular complexity index is 664. The van der Waals surface area contributed by atoms with Gasteiger partial charge in [0.2, 0.25) is 17.4 Å². The predicted molar refractivity (Wildman–Crippen MR) is 80.0 cm³/mol. The van der Waals surface area contributed by atoms with Crippen molar-refractivity contribution in [3.05, 3.63) is 41.7 Å². The van der Waals surface area contributed by atoms with Crippen LogP contribution in [0.2, 0.25) is 5.35 Å². The van der Waals surface area contributed by atoms with Gasteiger partial charge in [0, 0.05) is 0 Å². The smallest absolute Gasteiger partial charge is 0.376 e. The molecule has 9 heteroatoms. The first-order chi connectivity index (χ1) is 11.0. The van der Waals surface area contributed by atoms with Crippen molar-refractivity contribution < 1.29 is 27.9 Å². The Labute approximate surface area is 137 Å². The lowest BCUT2D eigenvalue weighted by atomic mass is 10.5. The fourth-order valence-electron chi connectivity index (χ4n) is 1.23. The molecule has 0 spiro atoms. The molecule has 0 radical (unpaired) electrons. The molecule has 2 heterocycles. The topological polar surface area (TPSA) is 105 Å². The van der Waals surface area contributed by atoms with E-state index in [1.807, 2.05) is 0 Å². The van der Waals surface area contributed by atoms with Crippen molar-refractivity contribution in [2.75, 3.05) is 13.2 Å². The lowest BCUT2D eigenvalue weighted by molar-refractivity contribution is 0.0481. The van der Waals surface area contributed by atoms with Crippen molar-refractivity contribution >= 4 is 29.6 Å². The Morgan fingerprint density at radius 1 is 1.13 bits per heavy atom. The minimum Gasteiger partial charge on any atom is -0.460 e. The highest BCUT2D eigenvalue weighted by atomic mass is 35.5. The first-order valence-corrected chi connectivity index (χ1v) is 6.93. The second-order valence-corrected chi connectivity index (χ2v) is 4.01. The van der Waals surface area contributed by atoms with Gasteiger partial charge in [-0.1, -0.05) is 6.58 Å². The summed E-state index contributed by atoms with van der Waals surface area (Å²) < 4.78 is 18.9. The molecular weight excluding hydrogens is 328 g/mol. The van der Waals surface area contributed by atoms with Crippen LogP contribution >= 0.6 is 11.6 Å². The number of nitrogens with zero attached hydrogens (tertiary/aromatic N) is 2. The zero-order valence-corrected chi connectivity index (χ0v) is 13.3. The Morgan fingerprint density at radius 3 is 2.04 bits per heavy atom. The second-order valence-electron chi connectivity index (χ2n) is 3.69. The first-order valence-electron chi connectivity index (χ1n) is 6.55. The zero-order valence-electron chi connectivity index (χ0n) is 12.6. The van der Waals surface area contributed by atoms with E-state index in [-0.39, 0.29) is 16.9 Å². The second kappa shape index (κ2) is 9.42. The molecule has 0 aliphatic carbocycles. The van der Waals surface area contributed by atoms with Crippen LogP contribution in [0.5, 0.6) is 0 Å². The lowest BCUT2D eigenvalue weighted by Crippen LogP contribution is -2.02. The highest BCUT2D eigenvalue weighted by molar-refractivity contribution is 6.27. The molecule has 23 heavy (non-hydrogen) atoms. The maximum absolute atomic E-state index is 11.0. The number of rotatable bonds is 5. The molecule has 0 atom stereocenters. The number of hydrogen-bond acceptors (Lipinski definition) is 8. The normalized spacial score (nSPS) is 9.52. The molecule has 124 valence electrons. The fraction of sp³-hybridized carbons (Fsp3) is 0.286. The van der Waals surface area contributed by atoms with Gasteiger partial charge in [-0.2, -0.15) is 0 Å². The molecule has 0 saturated carbocycles. The maximum Gasteiger partial charge on any atom is 0.376 e. The predicted octanol–water partition coefficient (Wildman–Crippen LogP) is 3.00. The molecule has 0 fully saturated rings. The third kappa shape index (κ3) is 5.95. The van der Waals surface area contributed by atoms with E-state index >= 15 is 0 Å². The van der Waals surface area contributed by atoms with Crippen molar-refractivity contribution in [2.24, 2.45) is 0 Å². The largest absolute Gasteiger partial charge is 0.460 e. The van der Waals surface area contributed by atoms with Crippen LogP contribution in [0.3, 0.4) is 0 Å². The molecule has 0 aromatic carbocycles. The average Bonchev–Trinajstić information content (AvgIpc) is 3.17. The van der Waals surface area contributed by atoms with Crippen LogP contribution in [-0.2, 0) is 9.47 Å². The lowest BCUT2D eigenvalue weighted by Gasteiger charge is -1.94. The minimum atomic E-state index is -0.549. The quantitative estimate of drug-likeness (QED) is 0.763. The molecule has 0 unspecified atom stereocenters. The summed E-state index contributed by atoms with van der Waals surface area (Å²) in [6.45, 7) is 7.50. The Morgan fingerprint density at radius 2 is 1.65 bits per heavy atom. The summed E-state index contributed by atoms with van der Waals surface area (Å²) in [5, 5.41) is -0.0620. The van der Waals surface area contributed by atoms with Gasteiger partial charge in [-0.05, 0) is 31.5 Å². The van der Waals surface area contributed by atoms with E-state index in [4.69, 9.17) is 16.0 Å². The number of esters is 2. The van der Waals surface area contributed by atoms with Gasteiger partial charge in [0.25, 0.3) is 5.35 Å². The van der Waals surface area contributed by atoms with Crippen molar-refractivity contribution in [3.8, 4) is 0 Å². The summed E-state index contributed by atoms with van der Waals surface area (Å²) >= 11 is 5.32. The van der Waals surface area contributed by atoms with Crippen molar-refractivity contribution in [1.29, 1.82) is 0 Å². The standard InChI is InChI=1S/C8H9NO3.C6H6ClNO3/c1-3-7-9-5-6(12-7)8(10)11-4-2;1-2-10-5(9)4-3-8-6(7)11-4/h3,5H,1,4H2,2H3;3H,2H2,1H3. The van der Waals surface area contributed by atoms with Gasteiger partial charge in [0.1, 0.15) is 0 Å². The van der Waals surface area contributed by atoms with E-state index in [9.17, 15) is 9.59 Å². The van der Waals surface area contributed by atoms with Crippen LogP contribution < -0.4 is 0 Å². The minimum absolute atomic E-state index is 0.0249. The van der Waals surface area contributed by atoms with Crippen LogP contribution in [0.25, 0.3) is 6.08 Å². The summed E-state index contributed by atoms with van der Waals surface area (Å²) in [6.07, 6.45) is 3.96. The van der Waals surface area contributed by atoms with Gasteiger partial charge in [-0.3, -0.25) is 0 Å². The van der Waals surface area contributed by atoms with Crippen LogP contribution in [-0.4, -0.2) is 35.1 Å². The van der Waals surface area contributed by atoms with Crippen molar-refractivity contribution in [2.45, 2.75) is 13.8 Å². The summed E-state index contributed by atoms with van der Waals surface area (Å²) in [4.78, 5) is 29.1. The highest BCUT2D eigenvalue weighted by Gasteiger charge is 2.12. The monoisotopic (exact) mass is 342 g/mol. The van der Waals surface area contributed by atoms with Crippen molar-refractivity contribution in [3.63, 3.8) is 0 Å². The summed E-state index contributed by atoms with van der Waals surface area (Å²) in [7, 11) is 0. The first kappa shape index (κ1) is 18.4. The number of oxazole rings is 2. The number of hydrogen-bond donors (Lipinski definition) is 0. The number of aromatic nitrogens is 2. The Kier molecular flexibility index (Phi) is 7.55. The Hall–Kier alpha value is -2.61. The summed E-state index contributed by atoms with van der Waals surface area (Å²) in [5.41, 5.74) is 0. The third-order valence-electron chi connectivity index (χ3n) is 2.13. The van der Waals surface area contributed by atoms with Gasteiger partial charge in [-0.15, -0.1) is 0 Å². The van der Waals surface area contributed by atoms with E-state index in [0.717, 1.165) is 0 Å². The SMILES string of the molecule is C=Cc1ncc(C(=O)OCC)o1.CCOC(=O)c1cnc(Cl)o1. The van der Waals surface area contributed by atoms with Crippen LogP contribution in [0.4, 0.5) is 0 Å². The summed E-state index contributed by atoms with van der Waals surface area (Å²) in [6, 6.07) is 0. The molecule has 2 aromatic heterocycles. The van der Waals surface area contributed by atoms with Gasteiger partial charge < -0.3 is 18.3 Å². The van der Waals surface area contributed by atoms with E-state index in [1.54, 1.807) is 13.8 Å². The molecule has 0 saturated heterocycles. The van der Waals surface area contributed by atoms with Crippen LogP contribution in [0.1, 0.15) is 40.8 Å². The van der Waals surface area contributed by atoms with Gasteiger partial charge >= 0.3 is 11.9 Å². The van der Waals surface area contributed by atoms with E-state index in [1.165, 1.54) is 18.5 Å². The summed E-state index contributed by atoms with van der Waals surface area (Å²) in [5.74, 6) is -0.605. The molecule has 8 nitrogen and oxygen atoms in total. The number of carbonyl (C=O) groups excluding carboxylic acids is 2. The van der Waals surface area contributed by atoms with Crippen LogP contribution in [0.15, 0.2) is 27.8 Å². The van der Waals surface area contributed by atoms with Gasteiger partial charge in [0.15, 0.2) is 0 Å². The Balaban J connectivity index is 0.000000231. The maximum atomic E-state index is 11.0. The molecule has 0 N–H and O–H groups in total. The van der Waals surface area contributed by atoms with Crippen molar-refractivity contribution in [1.82, 2.24) is 9.97 Å². The molecule has 0 aliphatic heterocycles. The van der Waals surface area contributed by atoms with E-state index in [0.29, 0.717) is 19.1 Å². The third-order valence-corrected chi connectivity index (χ3v) is 2.30. The molecule has 0 bridgehead atoms. The van der Waals surface area contributed by atoms with Gasteiger partial charge in [-0.25, -0.2) is 19.6 Å². The number of ether oxygens (including phenoxy) is 2. The molecular formula is C14H15ClN2O6. The number of carbonyl (C=O) groups is 2. The molecule has 2 aromatic rings. The molecule has 0 aliphatic rings.